The van der Waals surface area contributed by atoms with Gasteiger partial charge in [0.2, 0.25) is 5.95 Å². The molecule has 1 aromatic carbocycles. The third-order valence-electron chi connectivity index (χ3n) is 6.33. The fourth-order valence-corrected chi connectivity index (χ4v) is 4.65. The summed E-state index contributed by atoms with van der Waals surface area (Å²) in [7, 11) is 0. The topological polar surface area (TPSA) is 167 Å². The van der Waals surface area contributed by atoms with Gasteiger partial charge in [0, 0.05) is 12.6 Å². The zero-order valence-electron chi connectivity index (χ0n) is 21.0. The molecule has 13 nitrogen and oxygen atoms in total. The molecule has 1 amide bonds. The molecule has 5 rings (SSSR count). The molecule has 0 spiro atoms. The number of aromatic nitrogens is 4. The fourth-order valence-electron chi connectivity index (χ4n) is 4.36. The summed E-state index contributed by atoms with van der Waals surface area (Å²) < 4.78 is 55.8. The number of benzene rings is 1. The number of nitrogens with zero attached hydrogens (tertiary/aromatic N) is 5. The first-order valence-electron chi connectivity index (χ1n) is 12.1. The van der Waals surface area contributed by atoms with Gasteiger partial charge in [-0.3, -0.25) is 9.36 Å². The number of rotatable bonds is 7. The molecule has 0 saturated carbocycles. The zero-order valence-corrected chi connectivity index (χ0v) is 22.5. The number of hydrogen-bond acceptors (Lipinski definition) is 11. The highest BCUT2D eigenvalue weighted by Gasteiger charge is 2.54. The lowest BCUT2D eigenvalue weighted by molar-refractivity contribution is -0.209. The highest BCUT2D eigenvalue weighted by atomic mass is 35.5. The normalized spacial score (nSPS) is 23.0. The van der Waals surface area contributed by atoms with Gasteiger partial charge in [0.05, 0.1) is 29.5 Å². The van der Waals surface area contributed by atoms with E-state index >= 15 is 0 Å². The Balaban J connectivity index is 1.37. The molecule has 2 fully saturated rings. The van der Waals surface area contributed by atoms with Crippen molar-refractivity contribution in [2.24, 2.45) is 0 Å². The Kier molecular flexibility index (Phi) is 7.76. The van der Waals surface area contributed by atoms with Crippen molar-refractivity contribution < 1.29 is 42.1 Å². The van der Waals surface area contributed by atoms with Crippen molar-refractivity contribution in [3.63, 3.8) is 0 Å². The molecule has 0 aliphatic carbocycles. The van der Waals surface area contributed by atoms with E-state index in [1.165, 1.54) is 10.9 Å². The minimum Gasteiger partial charge on any atom is -0.487 e. The quantitative estimate of drug-likeness (QED) is 0.330. The number of nitrogens with one attached hydrogen (secondary N) is 1. The van der Waals surface area contributed by atoms with Gasteiger partial charge >= 0.3 is 12.1 Å². The number of carbonyl (C=O) groups excluding carboxylic acids is 2. The lowest BCUT2D eigenvalue weighted by Gasteiger charge is -2.39. The summed E-state index contributed by atoms with van der Waals surface area (Å²) in [6.45, 7) is 2.41. The lowest BCUT2D eigenvalue weighted by Crippen LogP contribution is -2.54. The summed E-state index contributed by atoms with van der Waals surface area (Å²) in [5, 5.41) is 14.0. The molecule has 0 unspecified atom stereocenters. The van der Waals surface area contributed by atoms with E-state index < -0.39 is 42.6 Å². The van der Waals surface area contributed by atoms with Gasteiger partial charge in [-0.15, -0.1) is 0 Å². The van der Waals surface area contributed by atoms with Gasteiger partial charge in [0.15, 0.2) is 29.9 Å². The second-order valence-corrected chi connectivity index (χ2v) is 9.97. The van der Waals surface area contributed by atoms with Crippen LogP contribution in [0.4, 0.5) is 24.9 Å². The third-order valence-corrected chi connectivity index (χ3v) is 7.07. The smallest absolute Gasteiger partial charge is 0.487 e. The molecular formula is C23H22Cl2F3N7O6. The maximum Gasteiger partial charge on any atom is 0.490 e. The number of aliphatic hydroxyl groups is 1. The van der Waals surface area contributed by atoms with Crippen LogP contribution in [0.15, 0.2) is 24.5 Å². The lowest BCUT2D eigenvalue weighted by atomic mass is 10.1. The molecule has 220 valence electrons. The van der Waals surface area contributed by atoms with Crippen LogP contribution in [0.3, 0.4) is 0 Å². The molecule has 2 saturated heterocycles. The number of amides is 1. The summed E-state index contributed by atoms with van der Waals surface area (Å²) in [6, 6.07) is 4.88. The number of hydrogen-bond donors (Lipinski definition) is 3. The van der Waals surface area contributed by atoms with E-state index in [9.17, 15) is 27.9 Å². The first-order chi connectivity index (χ1) is 19.4. The molecule has 0 bridgehead atoms. The van der Waals surface area contributed by atoms with Crippen molar-refractivity contribution in [3.05, 3.63) is 34.6 Å². The SMILES string of the molecule is CCNC(=O)[C@@H]1O[C@@H](n2cnc3c(N)nc(N4CC(Oc5ccc(Cl)c(Cl)c5)C4)nc32)[C@@H](O)[C@H]1OC(=O)C(F)(F)F. The van der Waals surface area contributed by atoms with E-state index in [-0.39, 0.29) is 35.6 Å². The average molecular weight is 620 g/mol. The number of nitrogens with two attached hydrogens (primary N) is 1. The van der Waals surface area contributed by atoms with Crippen LogP contribution in [0.2, 0.25) is 10.0 Å². The van der Waals surface area contributed by atoms with E-state index in [2.05, 4.69) is 25.0 Å². The summed E-state index contributed by atoms with van der Waals surface area (Å²) in [6.07, 6.45) is -11.6. The number of carbonyl (C=O) groups is 2. The van der Waals surface area contributed by atoms with E-state index in [0.717, 1.165) is 0 Å². The van der Waals surface area contributed by atoms with E-state index in [4.69, 9.17) is 38.4 Å². The van der Waals surface area contributed by atoms with Crippen molar-refractivity contribution >= 4 is 58.0 Å². The van der Waals surface area contributed by atoms with Crippen LogP contribution < -0.4 is 20.7 Å². The molecule has 3 aromatic rings. The summed E-state index contributed by atoms with van der Waals surface area (Å²) in [5.41, 5.74) is 6.26. The molecule has 4 N–H and O–H groups in total. The number of aliphatic hydroxyl groups excluding tert-OH is 1. The Labute approximate surface area is 239 Å². The van der Waals surface area contributed by atoms with Gasteiger partial charge in [-0.05, 0) is 19.1 Å². The molecule has 2 aliphatic rings. The molecule has 2 aromatic heterocycles. The van der Waals surface area contributed by atoms with E-state index in [0.29, 0.717) is 28.9 Å². The standard InChI is InChI=1S/C23H22Cl2F3N7O6/c1-2-30-19(37)16-15(41-21(38)23(26,27)28)14(36)20(40-16)35-8-31-13-17(29)32-22(33-18(13)35)34-6-10(7-34)39-9-3-4-11(24)12(25)5-9/h3-5,8,10,14-16,20,36H,2,6-7H2,1H3,(H,30,37)(H2,29,32,33)/t14-,15+,16+,20+/m0/s1. The van der Waals surface area contributed by atoms with Crippen LogP contribution in [-0.4, -0.2) is 86.7 Å². The maximum atomic E-state index is 12.9. The van der Waals surface area contributed by atoms with Crippen molar-refractivity contribution in [1.82, 2.24) is 24.8 Å². The molecule has 18 heteroatoms. The molecule has 0 radical (unpaired) electrons. The van der Waals surface area contributed by atoms with Crippen molar-refractivity contribution in [1.29, 1.82) is 0 Å². The van der Waals surface area contributed by atoms with Gasteiger partial charge in [0.25, 0.3) is 5.91 Å². The number of ether oxygens (including phenoxy) is 3. The largest absolute Gasteiger partial charge is 0.490 e. The molecule has 4 atom stereocenters. The summed E-state index contributed by atoms with van der Waals surface area (Å²) in [4.78, 5) is 38.7. The summed E-state index contributed by atoms with van der Waals surface area (Å²) >= 11 is 12.0. The minimum absolute atomic E-state index is 0.0228. The van der Waals surface area contributed by atoms with E-state index in [1.807, 2.05) is 0 Å². The fraction of sp³-hybridized carbons (Fsp3) is 0.435. The van der Waals surface area contributed by atoms with Crippen LogP contribution >= 0.6 is 23.2 Å². The minimum atomic E-state index is -5.36. The second kappa shape index (κ2) is 11.0. The number of alkyl halides is 3. The second-order valence-electron chi connectivity index (χ2n) is 9.15. The van der Waals surface area contributed by atoms with Gasteiger partial charge in [-0.2, -0.15) is 23.1 Å². The number of fused-ring (bicyclic) bond motifs is 1. The number of halogens is 5. The van der Waals surface area contributed by atoms with Gasteiger partial charge in [-0.25, -0.2) is 9.78 Å². The molecule has 41 heavy (non-hydrogen) atoms. The first kappa shape index (κ1) is 28.9. The van der Waals surface area contributed by atoms with Crippen LogP contribution in [0.5, 0.6) is 5.75 Å². The number of anilines is 2. The average Bonchev–Trinajstić information content (AvgIpc) is 3.44. The van der Waals surface area contributed by atoms with Crippen LogP contribution in [0, 0.1) is 0 Å². The first-order valence-corrected chi connectivity index (χ1v) is 12.9. The van der Waals surface area contributed by atoms with Crippen LogP contribution in [-0.2, 0) is 19.1 Å². The number of imidazole rings is 1. The van der Waals surface area contributed by atoms with Crippen molar-refractivity contribution in [3.8, 4) is 5.75 Å². The molecule has 4 heterocycles. The Hall–Kier alpha value is -3.60. The van der Waals surface area contributed by atoms with E-state index in [1.54, 1.807) is 30.0 Å². The Morgan fingerprint density at radius 3 is 2.63 bits per heavy atom. The molecule has 2 aliphatic heterocycles. The number of nitrogen functional groups attached to an aromatic ring is 1. The number of likely N-dealkylation sites (N-methyl/N-ethyl adjacent to an activating group) is 1. The van der Waals surface area contributed by atoms with Crippen LogP contribution in [0.1, 0.15) is 13.2 Å². The predicted molar refractivity (Wildman–Crippen MR) is 137 cm³/mol. The zero-order chi connectivity index (χ0) is 29.6. The van der Waals surface area contributed by atoms with Gasteiger partial charge in [0.1, 0.15) is 23.5 Å². The highest BCUT2D eigenvalue weighted by molar-refractivity contribution is 6.42. The Morgan fingerprint density at radius 2 is 1.98 bits per heavy atom. The van der Waals surface area contributed by atoms with Gasteiger partial charge < -0.3 is 35.3 Å². The summed E-state index contributed by atoms with van der Waals surface area (Å²) in [5.74, 6) is -2.79. The number of esters is 1. The van der Waals surface area contributed by atoms with Crippen molar-refractivity contribution in [2.75, 3.05) is 30.3 Å². The predicted octanol–water partition coefficient (Wildman–Crippen LogP) is 1.85. The Morgan fingerprint density at radius 1 is 1.24 bits per heavy atom. The van der Waals surface area contributed by atoms with Gasteiger partial charge in [-0.1, -0.05) is 23.2 Å². The monoisotopic (exact) mass is 619 g/mol. The van der Waals surface area contributed by atoms with Crippen LogP contribution in [0.25, 0.3) is 11.2 Å². The third kappa shape index (κ3) is 5.64. The molecular weight excluding hydrogens is 598 g/mol. The highest BCUT2D eigenvalue weighted by Crippen LogP contribution is 2.36. The maximum absolute atomic E-state index is 12.9. The Bertz CT molecular complexity index is 1490. The van der Waals surface area contributed by atoms with Crippen molar-refractivity contribution in [2.45, 2.75) is 43.7 Å².